The lowest BCUT2D eigenvalue weighted by molar-refractivity contribution is -0.130. The highest BCUT2D eigenvalue weighted by Crippen LogP contribution is 2.23. The largest absolute Gasteiger partial charge is 0.343 e. The summed E-state index contributed by atoms with van der Waals surface area (Å²) < 4.78 is 0. The summed E-state index contributed by atoms with van der Waals surface area (Å²) in [4.78, 5) is 26.1. The molecule has 1 atom stereocenters. The first-order chi connectivity index (χ1) is 11.0. The zero-order chi connectivity index (χ0) is 16.8. The van der Waals surface area contributed by atoms with Crippen molar-refractivity contribution in [3.8, 4) is 0 Å². The SMILES string of the molecule is CCCN1CCC(NC(=O)Nc2cccc(Cl)c2C)CCC1=O. The van der Waals surface area contributed by atoms with E-state index >= 15 is 0 Å². The number of nitrogens with one attached hydrogen (secondary N) is 2. The third-order valence-corrected chi connectivity index (χ3v) is 4.56. The Morgan fingerprint density at radius 3 is 2.91 bits per heavy atom. The normalized spacial score (nSPS) is 18.5. The topological polar surface area (TPSA) is 61.4 Å². The van der Waals surface area contributed by atoms with Crippen LogP contribution in [0.25, 0.3) is 0 Å². The average Bonchev–Trinajstić information content (AvgIpc) is 2.68. The fourth-order valence-electron chi connectivity index (χ4n) is 2.77. The van der Waals surface area contributed by atoms with Gasteiger partial charge in [-0.2, -0.15) is 0 Å². The van der Waals surface area contributed by atoms with Crippen LogP contribution in [-0.2, 0) is 4.79 Å². The van der Waals surface area contributed by atoms with Crippen LogP contribution in [0.4, 0.5) is 10.5 Å². The minimum absolute atomic E-state index is 0.0142. The Bertz CT molecular complexity index is 577. The van der Waals surface area contributed by atoms with Gasteiger partial charge in [0.15, 0.2) is 0 Å². The first kappa shape index (κ1) is 17.6. The standard InChI is InChI=1S/C17H24ClN3O2/c1-3-10-21-11-9-13(7-8-16(21)22)19-17(23)20-15-6-4-5-14(18)12(15)2/h4-6,13H,3,7-11H2,1-2H3,(H2,19,20,23). The first-order valence-electron chi connectivity index (χ1n) is 8.11. The Balaban J connectivity index is 1.90. The molecule has 5 nitrogen and oxygen atoms in total. The van der Waals surface area contributed by atoms with Crippen LogP contribution in [0.15, 0.2) is 18.2 Å². The lowest BCUT2D eigenvalue weighted by Gasteiger charge is -2.20. The zero-order valence-electron chi connectivity index (χ0n) is 13.7. The maximum absolute atomic E-state index is 12.2. The molecule has 1 aliphatic rings. The molecule has 0 spiro atoms. The molecule has 0 aromatic heterocycles. The second kappa shape index (κ2) is 8.20. The van der Waals surface area contributed by atoms with Gasteiger partial charge in [-0.1, -0.05) is 24.6 Å². The Morgan fingerprint density at radius 1 is 1.39 bits per heavy atom. The number of hydrogen-bond donors (Lipinski definition) is 2. The van der Waals surface area contributed by atoms with Crippen LogP contribution in [-0.4, -0.2) is 36.0 Å². The molecule has 1 saturated heterocycles. The molecule has 1 aromatic rings. The summed E-state index contributed by atoms with van der Waals surface area (Å²) in [5.41, 5.74) is 1.54. The molecule has 23 heavy (non-hydrogen) atoms. The number of anilines is 1. The van der Waals surface area contributed by atoms with Crippen molar-refractivity contribution in [2.24, 2.45) is 0 Å². The summed E-state index contributed by atoms with van der Waals surface area (Å²) in [6.07, 6.45) is 2.91. The fraction of sp³-hybridized carbons (Fsp3) is 0.529. The van der Waals surface area contributed by atoms with E-state index < -0.39 is 0 Å². The number of likely N-dealkylation sites (tertiary alicyclic amines) is 1. The Labute approximate surface area is 142 Å². The van der Waals surface area contributed by atoms with Gasteiger partial charge in [-0.05, 0) is 43.9 Å². The Kier molecular flexibility index (Phi) is 6.28. The van der Waals surface area contributed by atoms with E-state index in [2.05, 4.69) is 17.6 Å². The zero-order valence-corrected chi connectivity index (χ0v) is 14.4. The highest BCUT2D eigenvalue weighted by molar-refractivity contribution is 6.31. The summed E-state index contributed by atoms with van der Waals surface area (Å²) in [7, 11) is 0. The van der Waals surface area contributed by atoms with Gasteiger partial charge in [-0.3, -0.25) is 4.79 Å². The predicted molar refractivity (Wildman–Crippen MR) is 92.9 cm³/mol. The van der Waals surface area contributed by atoms with E-state index in [4.69, 9.17) is 11.6 Å². The smallest absolute Gasteiger partial charge is 0.319 e. The van der Waals surface area contributed by atoms with Crippen molar-refractivity contribution in [2.75, 3.05) is 18.4 Å². The molecule has 0 bridgehead atoms. The average molecular weight is 338 g/mol. The Morgan fingerprint density at radius 2 is 2.17 bits per heavy atom. The van der Waals surface area contributed by atoms with Gasteiger partial charge < -0.3 is 15.5 Å². The van der Waals surface area contributed by atoms with E-state index in [1.54, 1.807) is 12.1 Å². The summed E-state index contributed by atoms with van der Waals surface area (Å²) in [6, 6.07) is 5.18. The number of amides is 3. The molecule has 2 N–H and O–H groups in total. The maximum atomic E-state index is 12.2. The van der Waals surface area contributed by atoms with E-state index in [1.165, 1.54) is 0 Å². The predicted octanol–water partition coefficient (Wildman–Crippen LogP) is 3.56. The van der Waals surface area contributed by atoms with Gasteiger partial charge >= 0.3 is 6.03 Å². The molecule has 1 unspecified atom stereocenters. The van der Waals surface area contributed by atoms with Gasteiger partial charge in [-0.15, -0.1) is 0 Å². The van der Waals surface area contributed by atoms with Gasteiger partial charge in [-0.25, -0.2) is 4.79 Å². The van der Waals surface area contributed by atoms with Crippen molar-refractivity contribution in [3.05, 3.63) is 28.8 Å². The van der Waals surface area contributed by atoms with Gasteiger partial charge in [0.2, 0.25) is 5.91 Å². The van der Waals surface area contributed by atoms with E-state index in [0.717, 1.165) is 24.9 Å². The van der Waals surface area contributed by atoms with E-state index in [9.17, 15) is 9.59 Å². The molecule has 0 saturated carbocycles. The minimum Gasteiger partial charge on any atom is -0.343 e. The van der Waals surface area contributed by atoms with Crippen molar-refractivity contribution >= 4 is 29.2 Å². The molecule has 3 amide bonds. The van der Waals surface area contributed by atoms with Crippen LogP contribution in [0.5, 0.6) is 0 Å². The number of nitrogens with zero attached hydrogens (tertiary/aromatic N) is 1. The molecule has 0 radical (unpaired) electrons. The van der Waals surface area contributed by atoms with Gasteiger partial charge in [0, 0.05) is 36.3 Å². The van der Waals surface area contributed by atoms with Crippen LogP contribution in [0.2, 0.25) is 5.02 Å². The second-order valence-corrected chi connectivity index (χ2v) is 6.32. The van der Waals surface area contributed by atoms with Crippen molar-refractivity contribution in [3.63, 3.8) is 0 Å². The van der Waals surface area contributed by atoms with Crippen LogP contribution in [0.1, 0.15) is 38.2 Å². The van der Waals surface area contributed by atoms with Crippen LogP contribution in [0, 0.1) is 6.92 Å². The number of halogens is 1. The molecular formula is C17H24ClN3O2. The van der Waals surface area contributed by atoms with E-state index in [1.807, 2.05) is 17.9 Å². The summed E-state index contributed by atoms with van der Waals surface area (Å²) in [5, 5.41) is 6.42. The molecule has 126 valence electrons. The number of hydrogen-bond acceptors (Lipinski definition) is 2. The maximum Gasteiger partial charge on any atom is 0.319 e. The van der Waals surface area contributed by atoms with Crippen molar-refractivity contribution in [2.45, 2.75) is 45.6 Å². The molecule has 1 aliphatic heterocycles. The van der Waals surface area contributed by atoms with Crippen molar-refractivity contribution in [1.82, 2.24) is 10.2 Å². The van der Waals surface area contributed by atoms with Crippen LogP contribution >= 0.6 is 11.6 Å². The quantitative estimate of drug-likeness (QED) is 0.882. The fourth-order valence-corrected chi connectivity index (χ4v) is 2.95. The molecular weight excluding hydrogens is 314 g/mol. The molecule has 1 fully saturated rings. The summed E-state index contributed by atoms with van der Waals surface area (Å²) in [5.74, 6) is 0.183. The van der Waals surface area contributed by atoms with Crippen LogP contribution in [0.3, 0.4) is 0 Å². The van der Waals surface area contributed by atoms with Gasteiger partial charge in [0.05, 0.1) is 0 Å². The monoisotopic (exact) mass is 337 g/mol. The van der Waals surface area contributed by atoms with Crippen molar-refractivity contribution < 1.29 is 9.59 Å². The summed E-state index contributed by atoms with van der Waals surface area (Å²) >= 11 is 6.06. The molecule has 6 heteroatoms. The molecule has 2 rings (SSSR count). The van der Waals surface area contributed by atoms with Gasteiger partial charge in [0.1, 0.15) is 0 Å². The second-order valence-electron chi connectivity index (χ2n) is 5.92. The third kappa shape index (κ3) is 4.86. The highest BCUT2D eigenvalue weighted by Gasteiger charge is 2.23. The number of urea groups is 1. The summed E-state index contributed by atoms with van der Waals surface area (Å²) in [6.45, 7) is 5.42. The van der Waals surface area contributed by atoms with E-state index in [-0.39, 0.29) is 18.0 Å². The van der Waals surface area contributed by atoms with E-state index in [0.29, 0.717) is 30.1 Å². The lowest BCUT2D eigenvalue weighted by Crippen LogP contribution is -2.38. The molecule has 0 aliphatic carbocycles. The number of benzene rings is 1. The lowest BCUT2D eigenvalue weighted by atomic mass is 10.1. The van der Waals surface area contributed by atoms with Gasteiger partial charge in [0.25, 0.3) is 0 Å². The highest BCUT2D eigenvalue weighted by atomic mass is 35.5. The number of carbonyl (C=O) groups is 2. The first-order valence-corrected chi connectivity index (χ1v) is 8.49. The Hall–Kier alpha value is -1.75. The molecule has 1 aromatic carbocycles. The molecule has 1 heterocycles. The third-order valence-electron chi connectivity index (χ3n) is 4.15. The number of rotatable bonds is 4. The minimum atomic E-state index is -0.253. The van der Waals surface area contributed by atoms with Crippen molar-refractivity contribution in [1.29, 1.82) is 0 Å². The number of carbonyl (C=O) groups excluding carboxylic acids is 2. The van der Waals surface area contributed by atoms with Crippen LogP contribution < -0.4 is 10.6 Å².